The Hall–Kier alpha value is -1.73. The first-order valence-electron chi connectivity index (χ1n) is 7.07. The number of amidine groups is 1. The summed E-state index contributed by atoms with van der Waals surface area (Å²) in [7, 11) is 1.62. The Kier molecular flexibility index (Phi) is 7.63. The predicted molar refractivity (Wildman–Crippen MR) is 80.0 cm³/mol. The zero-order chi connectivity index (χ0) is 15.7. The van der Waals surface area contributed by atoms with E-state index < -0.39 is 0 Å². The maximum Gasteiger partial charge on any atom is 0.244 e. The predicted octanol–water partition coefficient (Wildman–Crippen LogP) is 0.927. The Bertz CT molecular complexity index is 466. The monoisotopic (exact) mass is 296 g/mol. The molecule has 0 bridgehead atoms. The molecule has 1 aromatic rings. The van der Waals surface area contributed by atoms with E-state index in [9.17, 15) is 0 Å². The summed E-state index contributed by atoms with van der Waals surface area (Å²) in [4.78, 5) is 0. The van der Waals surface area contributed by atoms with Crippen LogP contribution in [0, 0.1) is 5.41 Å². The fourth-order valence-electron chi connectivity index (χ4n) is 1.97. The van der Waals surface area contributed by atoms with Crippen LogP contribution >= 0.6 is 0 Å². The maximum absolute atomic E-state index is 7.75. The van der Waals surface area contributed by atoms with Crippen molar-refractivity contribution in [1.29, 1.82) is 5.41 Å². The van der Waals surface area contributed by atoms with Gasteiger partial charge in [-0.3, -0.25) is 5.41 Å². The standard InChI is InChI=1S/C14H24N4O3/c1-4-10-11(5-2)17-18-14(12(10)13(15)16)21-9-8-20-7-6-19-3/h4-9H2,1-3H3,(H3,15,16). The summed E-state index contributed by atoms with van der Waals surface area (Å²) in [6, 6.07) is 0. The zero-order valence-corrected chi connectivity index (χ0v) is 12.9. The first-order chi connectivity index (χ1) is 10.2. The van der Waals surface area contributed by atoms with Crippen molar-refractivity contribution in [2.75, 3.05) is 33.5 Å². The molecule has 21 heavy (non-hydrogen) atoms. The lowest BCUT2D eigenvalue weighted by atomic mass is 10.0. The van der Waals surface area contributed by atoms with Crippen molar-refractivity contribution in [2.24, 2.45) is 5.73 Å². The molecular formula is C14H24N4O3. The summed E-state index contributed by atoms with van der Waals surface area (Å²) in [5.74, 6) is 0.249. The largest absolute Gasteiger partial charge is 0.474 e. The molecule has 0 amide bonds. The number of nitrogens with two attached hydrogens (primary N) is 1. The van der Waals surface area contributed by atoms with E-state index in [1.807, 2.05) is 13.8 Å². The Morgan fingerprint density at radius 2 is 1.81 bits per heavy atom. The van der Waals surface area contributed by atoms with Gasteiger partial charge in [0.05, 0.1) is 31.1 Å². The first kappa shape index (κ1) is 17.3. The third-order valence-electron chi connectivity index (χ3n) is 2.98. The second-order valence-electron chi connectivity index (χ2n) is 4.38. The Balaban J connectivity index is 2.75. The van der Waals surface area contributed by atoms with E-state index >= 15 is 0 Å². The average Bonchev–Trinajstić information content (AvgIpc) is 2.49. The van der Waals surface area contributed by atoms with Gasteiger partial charge in [-0.2, -0.15) is 5.10 Å². The number of rotatable bonds is 10. The van der Waals surface area contributed by atoms with E-state index in [4.69, 9.17) is 25.4 Å². The number of hydrogen-bond donors (Lipinski definition) is 2. The number of nitrogens with zero attached hydrogens (tertiary/aromatic N) is 2. The fourth-order valence-corrected chi connectivity index (χ4v) is 1.97. The minimum absolute atomic E-state index is 0.0493. The summed E-state index contributed by atoms with van der Waals surface area (Å²) < 4.78 is 15.8. The highest BCUT2D eigenvalue weighted by Gasteiger charge is 2.17. The lowest BCUT2D eigenvalue weighted by Gasteiger charge is -2.14. The van der Waals surface area contributed by atoms with Crippen molar-refractivity contribution >= 4 is 5.84 Å². The molecule has 0 atom stereocenters. The quantitative estimate of drug-likeness (QED) is 0.378. The summed E-state index contributed by atoms with van der Waals surface area (Å²) in [5, 5.41) is 15.9. The molecule has 3 N–H and O–H groups in total. The molecular weight excluding hydrogens is 272 g/mol. The topological polar surface area (TPSA) is 103 Å². The lowest BCUT2D eigenvalue weighted by Crippen LogP contribution is -2.20. The molecule has 1 rings (SSSR count). The SMILES string of the molecule is CCc1nnc(OCCOCCOC)c(C(=N)N)c1CC. The van der Waals surface area contributed by atoms with Crippen LogP contribution in [0.2, 0.25) is 0 Å². The number of aromatic nitrogens is 2. The molecule has 0 fully saturated rings. The minimum atomic E-state index is -0.0493. The third kappa shape index (κ3) is 4.95. The van der Waals surface area contributed by atoms with Crippen molar-refractivity contribution in [3.63, 3.8) is 0 Å². The molecule has 7 heteroatoms. The Morgan fingerprint density at radius 3 is 2.38 bits per heavy atom. The lowest BCUT2D eigenvalue weighted by molar-refractivity contribution is 0.0534. The molecule has 0 unspecified atom stereocenters. The van der Waals surface area contributed by atoms with Gasteiger partial charge in [-0.05, 0) is 18.4 Å². The molecule has 0 aromatic carbocycles. The van der Waals surface area contributed by atoms with E-state index in [2.05, 4.69) is 10.2 Å². The average molecular weight is 296 g/mol. The van der Waals surface area contributed by atoms with Crippen LogP contribution in [-0.4, -0.2) is 49.6 Å². The molecule has 0 spiro atoms. The molecule has 1 aromatic heterocycles. The van der Waals surface area contributed by atoms with Gasteiger partial charge in [-0.1, -0.05) is 13.8 Å². The van der Waals surface area contributed by atoms with Gasteiger partial charge in [0, 0.05) is 7.11 Å². The van der Waals surface area contributed by atoms with Crippen LogP contribution in [0.5, 0.6) is 5.88 Å². The van der Waals surface area contributed by atoms with E-state index in [0.717, 1.165) is 24.1 Å². The van der Waals surface area contributed by atoms with Crippen LogP contribution in [0.3, 0.4) is 0 Å². The minimum Gasteiger partial charge on any atom is -0.474 e. The van der Waals surface area contributed by atoms with E-state index in [0.29, 0.717) is 37.9 Å². The zero-order valence-electron chi connectivity index (χ0n) is 12.9. The number of nitrogens with one attached hydrogen (secondary N) is 1. The van der Waals surface area contributed by atoms with Crippen molar-refractivity contribution in [3.05, 3.63) is 16.8 Å². The van der Waals surface area contributed by atoms with Gasteiger partial charge in [0.2, 0.25) is 5.88 Å². The number of methoxy groups -OCH3 is 1. The van der Waals surface area contributed by atoms with Crippen LogP contribution in [0.4, 0.5) is 0 Å². The van der Waals surface area contributed by atoms with Crippen LogP contribution in [0.15, 0.2) is 0 Å². The number of ether oxygens (including phenoxy) is 3. The molecule has 0 saturated heterocycles. The van der Waals surface area contributed by atoms with E-state index in [1.54, 1.807) is 7.11 Å². The molecule has 0 aliphatic carbocycles. The van der Waals surface area contributed by atoms with Crippen LogP contribution in [0.25, 0.3) is 0 Å². The van der Waals surface area contributed by atoms with Gasteiger partial charge in [-0.15, -0.1) is 5.10 Å². The van der Waals surface area contributed by atoms with E-state index in [-0.39, 0.29) is 5.84 Å². The number of nitrogen functional groups attached to an aromatic ring is 1. The van der Waals surface area contributed by atoms with Crippen LogP contribution in [0.1, 0.15) is 30.7 Å². The van der Waals surface area contributed by atoms with Crippen LogP contribution < -0.4 is 10.5 Å². The molecule has 0 aliphatic rings. The first-order valence-corrected chi connectivity index (χ1v) is 7.07. The molecule has 118 valence electrons. The van der Waals surface area contributed by atoms with Crippen molar-refractivity contribution in [2.45, 2.75) is 26.7 Å². The van der Waals surface area contributed by atoms with Gasteiger partial charge in [0.25, 0.3) is 0 Å². The molecule has 7 nitrogen and oxygen atoms in total. The summed E-state index contributed by atoms with van der Waals surface area (Å²) in [6.07, 6.45) is 1.48. The molecule has 0 saturated carbocycles. The summed E-state index contributed by atoms with van der Waals surface area (Å²) in [6.45, 7) is 5.80. The van der Waals surface area contributed by atoms with Crippen molar-refractivity contribution in [3.8, 4) is 5.88 Å². The van der Waals surface area contributed by atoms with Gasteiger partial charge < -0.3 is 19.9 Å². The number of aryl methyl sites for hydroxylation is 1. The van der Waals surface area contributed by atoms with E-state index in [1.165, 1.54) is 0 Å². The van der Waals surface area contributed by atoms with Gasteiger partial charge >= 0.3 is 0 Å². The molecule has 0 radical (unpaired) electrons. The van der Waals surface area contributed by atoms with Crippen LogP contribution in [-0.2, 0) is 22.3 Å². The van der Waals surface area contributed by atoms with Crippen molar-refractivity contribution < 1.29 is 14.2 Å². The normalized spacial score (nSPS) is 10.6. The molecule has 0 aliphatic heterocycles. The summed E-state index contributed by atoms with van der Waals surface area (Å²) in [5.41, 5.74) is 7.99. The number of hydrogen-bond acceptors (Lipinski definition) is 6. The molecule has 1 heterocycles. The Morgan fingerprint density at radius 1 is 1.10 bits per heavy atom. The maximum atomic E-state index is 7.75. The highest BCUT2D eigenvalue weighted by Crippen LogP contribution is 2.22. The fraction of sp³-hybridized carbons (Fsp3) is 0.643. The smallest absolute Gasteiger partial charge is 0.244 e. The highest BCUT2D eigenvalue weighted by molar-refractivity contribution is 5.98. The van der Waals surface area contributed by atoms with Gasteiger partial charge in [0.15, 0.2) is 0 Å². The van der Waals surface area contributed by atoms with Gasteiger partial charge in [-0.25, -0.2) is 0 Å². The second kappa shape index (κ2) is 9.25. The third-order valence-corrected chi connectivity index (χ3v) is 2.98. The highest BCUT2D eigenvalue weighted by atomic mass is 16.5. The van der Waals surface area contributed by atoms with Gasteiger partial charge in [0.1, 0.15) is 12.4 Å². The Labute approximate surface area is 125 Å². The summed E-state index contributed by atoms with van der Waals surface area (Å²) >= 11 is 0. The second-order valence-corrected chi connectivity index (χ2v) is 4.38. The van der Waals surface area contributed by atoms with Crippen molar-refractivity contribution in [1.82, 2.24) is 10.2 Å².